The molecule has 1 aliphatic carbocycles. The predicted molar refractivity (Wildman–Crippen MR) is 40.6 cm³/mol. The second kappa shape index (κ2) is 3.55. The summed E-state index contributed by atoms with van der Waals surface area (Å²) in [5.41, 5.74) is 0. The highest BCUT2D eigenvalue weighted by Crippen LogP contribution is 2.26. The molecule has 0 N–H and O–H groups in total. The monoisotopic (exact) mass is 194 g/mol. The molecule has 0 aromatic carbocycles. The minimum atomic E-state index is -0.500. The summed E-state index contributed by atoms with van der Waals surface area (Å²) in [4.78, 5) is 0. The first-order valence-corrected chi connectivity index (χ1v) is 4.65. The van der Waals surface area contributed by atoms with Gasteiger partial charge in [0, 0.05) is 5.33 Å². The van der Waals surface area contributed by atoms with Crippen LogP contribution in [0.25, 0.3) is 0 Å². The molecule has 9 heavy (non-hydrogen) atoms. The predicted octanol–water partition coefficient (Wildman–Crippen LogP) is 2.91. The largest absolute Gasteiger partial charge is 0.247 e. The molecule has 0 radical (unpaired) electrons. The third-order valence-corrected chi connectivity index (χ3v) is 2.91. The molecule has 1 aliphatic rings. The highest BCUT2D eigenvalue weighted by Gasteiger charge is 2.18. The summed E-state index contributed by atoms with van der Waals surface area (Å²) in [6.45, 7) is 0. The summed E-state index contributed by atoms with van der Waals surface area (Å²) in [5, 5.41) is 1.06. The van der Waals surface area contributed by atoms with Gasteiger partial charge in [0.1, 0.15) is 6.17 Å². The van der Waals surface area contributed by atoms with Gasteiger partial charge < -0.3 is 0 Å². The van der Waals surface area contributed by atoms with Crippen molar-refractivity contribution in [3.05, 3.63) is 0 Å². The van der Waals surface area contributed by atoms with E-state index < -0.39 is 6.17 Å². The Balaban J connectivity index is 2.18. The van der Waals surface area contributed by atoms with Gasteiger partial charge in [-0.3, -0.25) is 0 Å². The molecule has 0 atom stereocenters. The maximum atomic E-state index is 12.5. The molecule has 54 valence electrons. The maximum Gasteiger partial charge on any atom is 0.100 e. The Labute approximate surface area is 64.0 Å². The van der Waals surface area contributed by atoms with E-state index in [4.69, 9.17) is 0 Å². The fourth-order valence-corrected chi connectivity index (χ4v) is 1.92. The van der Waals surface area contributed by atoms with Crippen molar-refractivity contribution in [2.45, 2.75) is 31.9 Å². The number of rotatable bonds is 1. The van der Waals surface area contributed by atoms with Crippen LogP contribution in [0.3, 0.4) is 0 Å². The second-order valence-electron chi connectivity index (χ2n) is 2.77. The number of alkyl halides is 2. The standard InChI is InChI=1S/C7H12BrF/c8-5-6-1-3-7(9)4-2-6/h6-7H,1-5H2. The first-order valence-electron chi connectivity index (χ1n) is 3.53. The summed E-state index contributed by atoms with van der Waals surface area (Å²) in [6, 6.07) is 0. The lowest BCUT2D eigenvalue weighted by atomic mass is 9.90. The Morgan fingerprint density at radius 3 is 2.22 bits per heavy atom. The van der Waals surface area contributed by atoms with E-state index in [1.165, 1.54) is 0 Å². The van der Waals surface area contributed by atoms with Gasteiger partial charge in [0.15, 0.2) is 0 Å². The van der Waals surface area contributed by atoms with Gasteiger partial charge in [-0.2, -0.15) is 0 Å². The number of halogens is 2. The molecule has 0 spiro atoms. The molecule has 1 fully saturated rings. The summed E-state index contributed by atoms with van der Waals surface area (Å²) in [7, 11) is 0. The van der Waals surface area contributed by atoms with Crippen LogP contribution in [0.4, 0.5) is 4.39 Å². The molecule has 0 aliphatic heterocycles. The molecule has 1 rings (SSSR count). The summed E-state index contributed by atoms with van der Waals surface area (Å²) < 4.78 is 12.5. The topological polar surface area (TPSA) is 0 Å². The second-order valence-corrected chi connectivity index (χ2v) is 3.42. The minimum absolute atomic E-state index is 0.500. The average Bonchev–Trinajstić information content (AvgIpc) is 1.90. The Hall–Kier alpha value is 0.410. The summed E-state index contributed by atoms with van der Waals surface area (Å²) >= 11 is 3.41. The van der Waals surface area contributed by atoms with Crippen LogP contribution in [0, 0.1) is 5.92 Å². The van der Waals surface area contributed by atoms with Crippen LogP contribution < -0.4 is 0 Å². The molecule has 0 saturated heterocycles. The molecule has 0 amide bonds. The van der Waals surface area contributed by atoms with Crippen LogP contribution in [0.15, 0.2) is 0 Å². The van der Waals surface area contributed by atoms with Gasteiger partial charge in [0.2, 0.25) is 0 Å². The number of hydrogen-bond donors (Lipinski definition) is 0. The molecule has 1 saturated carbocycles. The lowest BCUT2D eigenvalue weighted by Gasteiger charge is -2.21. The molecular weight excluding hydrogens is 183 g/mol. The van der Waals surface area contributed by atoms with Gasteiger partial charge in [-0.05, 0) is 31.6 Å². The molecular formula is C7H12BrF. The van der Waals surface area contributed by atoms with E-state index in [1.807, 2.05) is 0 Å². The van der Waals surface area contributed by atoms with Crippen molar-refractivity contribution in [1.29, 1.82) is 0 Å². The zero-order chi connectivity index (χ0) is 6.69. The van der Waals surface area contributed by atoms with Crippen molar-refractivity contribution in [1.82, 2.24) is 0 Å². The van der Waals surface area contributed by atoms with E-state index in [9.17, 15) is 4.39 Å². The zero-order valence-corrected chi connectivity index (χ0v) is 7.03. The lowest BCUT2D eigenvalue weighted by molar-refractivity contribution is 0.218. The van der Waals surface area contributed by atoms with Gasteiger partial charge in [-0.1, -0.05) is 15.9 Å². The third-order valence-electron chi connectivity index (χ3n) is 1.99. The fourth-order valence-electron chi connectivity index (χ4n) is 1.28. The van der Waals surface area contributed by atoms with Crippen LogP contribution >= 0.6 is 15.9 Å². The van der Waals surface area contributed by atoms with Crippen molar-refractivity contribution in [3.8, 4) is 0 Å². The number of hydrogen-bond acceptors (Lipinski definition) is 0. The van der Waals surface area contributed by atoms with Crippen molar-refractivity contribution < 1.29 is 4.39 Å². The molecule has 0 bridgehead atoms. The van der Waals surface area contributed by atoms with Crippen LogP contribution in [0.2, 0.25) is 0 Å². The molecule has 0 nitrogen and oxygen atoms in total. The molecule has 2 heteroatoms. The van der Waals surface area contributed by atoms with Crippen molar-refractivity contribution in [2.75, 3.05) is 5.33 Å². The Morgan fingerprint density at radius 2 is 1.78 bits per heavy atom. The van der Waals surface area contributed by atoms with Gasteiger partial charge in [0.05, 0.1) is 0 Å². The maximum absolute atomic E-state index is 12.5. The van der Waals surface area contributed by atoms with Crippen LogP contribution in [0.5, 0.6) is 0 Å². The molecule has 0 aromatic rings. The van der Waals surface area contributed by atoms with Crippen LogP contribution in [-0.2, 0) is 0 Å². The van der Waals surface area contributed by atoms with Gasteiger partial charge >= 0.3 is 0 Å². The van der Waals surface area contributed by atoms with Gasteiger partial charge in [-0.25, -0.2) is 4.39 Å². The fraction of sp³-hybridized carbons (Fsp3) is 1.00. The van der Waals surface area contributed by atoms with E-state index >= 15 is 0 Å². The molecule has 0 unspecified atom stereocenters. The SMILES string of the molecule is FC1CCC(CBr)CC1. The highest BCUT2D eigenvalue weighted by atomic mass is 79.9. The smallest absolute Gasteiger partial charge is 0.100 e. The summed E-state index contributed by atoms with van der Waals surface area (Å²) in [6.07, 6.45) is 3.23. The van der Waals surface area contributed by atoms with Crippen LogP contribution in [-0.4, -0.2) is 11.5 Å². The zero-order valence-electron chi connectivity index (χ0n) is 5.45. The van der Waals surface area contributed by atoms with Crippen molar-refractivity contribution in [2.24, 2.45) is 5.92 Å². The lowest BCUT2D eigenvalue weighted by Crippen LogP contribution is -2.15. The van der Waals surface area contributed by atoms with E-state index in [1.54, 1.807) is 0 Å². The Bertz CT molecular complexity index is 77.0. The minimum Gasteiger partial charge on any atom is -0.247 e. The average molecular weight is 195 g/mol. The Morgan fingerprint density at radius 1 is 1.22 bits per heavy atom. The third kappa shape index (κ3) is 2.24. The quantitative estimate of drug-likeness (QED) is 0.564. The van der Waals surface area contributed by atoms with E-state index in [2.05, 4.69) is 15.9 Å². The normalized spacial score (nSPS) is 36.7. The van der Waals surface area contributed by atoms with Crippen molar-refractivity contribution >= 4 is 15.9 Å². The van der Waals surface area contributed by atoms with Gasteiger partial charge in [0.25, 0.3) is 0 Å². The first-order chi connectivity index (χ1) is 4.33. The summed E-state index contributed by atoms with van der Waals surface area (Å²) in [5.74, 6) is 0.747. The van der Waals surface area contributed by atoms with Gasteiger partial charge in [-0.15, -0.1) is 0 Å². The first kappa shape index (κ1) is 7.52. The highest BCUT2D eigenvalue weighted by molar-refractivity contribution is 9.09. The van der Waals surface area contributed by atoms with Crippen molar-refractivity contribution in [3.63, 3.8) is 0 Å². The van der Waals surface area contributed by atoms with E-state index in [0.29, 0.717) is 0 Å². The molecule has 0 aromatic heterocycles. The Kier molecular flexibility index (Phi) is 2.96. The van der Waals surface area contributed by atoms with E-state index in [-0.39, 0.29) is 0 Å². The molecule has 0 heterocycles. The van der Waals surface area contributed by atoms with E-state index in [0.717, 1.165) is 36.9 Å². The van der Waals surface area contributed by atoms with Crippen LogP contribution in [0.1, 0.15) is 25.7 Å².